The third kappa shape index (κ3) is 6.04. The largest absolute Gasteiger partial charge is 0.493 e. The first kappa shape index (κ1) is 19.8. The van der Waals surface area contributed by atoms with Crippen molar-refractivity contribution < 1.29 is 19.1 Å². The number of hydrogen-bond acceptors (Lipinski definition) is 5. The molecule has 0 aliphatic heterocycles. The van der Waals surface area contributed by atoms with Crippen LogP contribution in [0.2, 0.25) is 0 Å². The van der Waals surface area contributed by atoms with Crippen LogP contribution in [0, 0.1) is 11.3 Å². The highest BCUT2D eigenvalue weighted by Gasteiger charge is 2.07. The predicted octanol–water partition coefficient (Wildman–Crippen LogP) is 2.14. The second-order valence-corrected chi connectivity index (χ2v) is 5.77. The smallest absolute Gasteiger partial charge is 0.248 e. The van der Waals surface area contributed by atoms with Crippen molar-refractivity contribution in [2.45, 2.75) is 19.4 Å². The number of benzene rings is 2. The zero-order valence-corrected chi connectivity index (χ0v) is 15.0. The third-order valence-corrected chi connectivity index (χ3v) is 3.83. The average Bonchev–Trinajstić information content (AvgIpc) is 2.69. The van der Waals surface area contributed by atoms with Gasteiger partial charge in [0, 0.05) is 24.6 Å². The fourth-order valence-corrected chi connectivity index (χ4v) is 2.35. The first-order chi connectivity index (χ1) is 13.0. The van der Waals surface area contributed by atoms with Crippen LogP contribution in [0.1, 0.15) is 34.3 Å². The Morgan fingerprint density at radius 1 is 1.15 bits per heavy atom. The molecule has 0 fully saturated rings. The SMILES string of the molecule is COc1cc(C#N)ccc1OCCCC(=O)NCc1ccc(C(N)=O)cc1. The predicted molar refractivity (Wildman–Crippen MR) is 99.2 cm³/mol. The summed E-state index contributed by atoms with van der Waals surface area (Å²) in [5, 5.41) is 11.7. The molecule has 0 bridgehead atoms. The zero-order valence-electron chi connectivity index (χ0n) is 15.0. The Bertz CT molecular complexity index is 841. The summed E-state index contributed by atoms with van der Waals surface area (Å²) in [6, 6.07) is 13.7. The molecule has 0 saturated carbocycles. The van der Waals surface area contributed by atoms with Crippen LogP contribution in [0.4, 0.5) is 0 Å². The van der Waals surface area contributed by atoms with Crippen LogP contribution in [-0.4, -0.2) is 25.5 Å². The number of nitriles is 1. The highest BCUT2D eigenvalue weighted by atomic mass is 16.5. The van der Waals surface area contributed by atoms with Crippen molar-refractivity contribution in [1.29, 1.82) is 5.26 Å². The van der Waals surface area contributed by atoms with Crippen LogP contribution in [0.25, 0.3) is 0 Å². The van der Waals surface area contributed by atoms with E-state index < -0.39 is 5.91 Å². The van der Waals surface area contributed by atoms with Crippen LogP contribution in [0.5, 0.6) is 11.5 Å². The minimum absolute atomic E-state index is 0.0932. The molecule has 2 aromatic rings. The standard InChI is InChI=1S/C20H21N3O4/c1-26-18-11-15(12-21)6-9-17(18)27-10-2-3-19(24)23-13-14-4-7-16(8-5-14)20(22)25/h4-9,11H,2-3,10,13H2,1H3,(H2,22,25)(H,23,24). The highest BCUT2D eigenvalue weighted by Crippen LogP contribution is 2.27. The van der Waals surface area contributed by atoms with Gasteiger partial charge in [0.1, 0.15) is 0 Å². The quantitative estimate of drug-likeness (QED) is 0.659. The van der Waals surface area contributed by atoms with Gasteiger partial charge in [-0.1, -0.05) is 12.1 Å². The van der Waals surface area contributed by atoms with Gasteiger partial charge in [0.2, 0.25) is 11.8 Å². The minimum Gasteiger partial charge on any atom is -0.493 e. The number of nitrogens with one attached hydrogen (secondary N) is 1. The van der Waals surface area contributed by atoms with Crippen molar-refractivity contribution in [3.63, 3.8) is 0 Å². The number of nitrogens with two attached hydrogens (primary N) is 1. The van der Waals surface area contributed by atoms with Gasteiger partial charge in [-0.25, -0.2) is 0 Å². The Labute approximate surface area is 157 Å². The number of carbonyl (C=O) groups excluding carboxylic acids is 2. The zero-order chi connectivity index (χ0) is 19.6. The number of nitrogens with zero attached hydrogens (tertiary/aromatic N) is 1. The van der Waals surface area contributed by atoms with Gasteiger partial charge in [-0.2, -0.15) is 5.26 Å². The Kier molecular flexibility index (Phi) is 7.20. The van der Waals surface area contributed by atoms with E-state index >= 15 is 0 Å². The maximum Gasteiger partial charge on any atom is 0.248 e. The molecule has 0 spiro atoms. The highest BCUT2D eigenvalue weighted by molar-refractivity contribution is 5.92. The van der Waals surface area contributed by atoms with Gasteiger partial charge < -0.3 is 20.5 Å². The molecule has 0 atom stereocenters. The molecule has 0 aliphatic rings. The fraction of sp³-hybridized carbons (Fsp3) is 0.250. The van der Waals surface area contributed by atoms with Crippen molar-refractivity contribution in [2.75, 3.05) is 13.7 Å². The second-order valence-electron chi connectivity index (χ2n) is 5.77. The van der Waals surface area contributed by atoms with Gasteiger partial charge >= 0.3 is 0 Å². The molecule has 2 amide bonds. The van der Waals surface area contributed by atoms with Crippen LogP contribution in [0.3, 0.4) is 0 Å². The van der Waals surface area contributed by atoms with Crippen molar-refractivity contribution in [3.8, 4) is 17.6 Å². The lowest BCUT2D eigenvalue weighted by molar-refractivity contribution is -0.121. The summed E-state index contributed by atoms with van der Waals surface area (Å²) in [7, 11) is 1.51. The van der Waals surface area contributed by atoms with Crippen molar-refractivity contribution in [3.05, 3.63) is 59.2 Å². The van der Waals surface area contributed by atoms with Crippen LogP contribution >= 0.6 is 0 Å². The van der Waals surface area contributed by atoms with Crippen LogP contribution in [0.15, 0.2) is 42.5 Å². The van der Waals surface area contributed by atoms with Gasteiger partial charge in [0.05, 0.1) is 25.3 Å². The van der Waals surface area contributed by atoms with E-state index in [0.717, 1.165) is 5.56 Å². The molecule has 140 valence electrons. The number of primary amides is 1. The summed E-state index contributed by atoms with van der Waals surface area (Å²) in [5.41, 5.74) is 6.99. The molecule has 7 nitrogen and oxygen atoms in total. The molecule has 27 heavy (non-hydrogen) atoms. The van der Waals surface area contributed by atoms with E-state index in [0.29, 0.717) is 48.6 Å². The number of amides is 2. The second kappa shape index (κ2) is 9.82. The molecule has 0 aliphatic carbocycles. The molecular weight excluding hydrogens is 346 g/mol. The van der Waals surface area contributed by atoms with Gasteiger partial charge in [0.25, 0.3) is 0 Å². The molecule has 0 aromatic heterocycles. The van der Waals surface area contributed by atoms with Gasteiger partial charge in [0.15, 0.2) is 11.5 Å². The summed E-state index contributed by atoms with van der Waals surface area (Å²) >= 11 is 0. The number of methoxy groups -OCH3 is 1. The lowest BCUT2D eigenvalue weighted by atomic mass is 10.1. The minimum atomic E-state index is -0.482. The van der Waals surface area contributed by atoms with Gasteiger partial charge in [-0.05, 0) is 36.2 Å². The maximum atomic E-state index is 11.9. The van der Waals surface area contributed by atoms with E-state index in [1.54, 1.807) is 42.5 Å². The molecule has 0 unspecified atom stereocenters. The molecule has 2 aromatic carbocycles. The van der Waals surface area contributed by atoms with Crippen LogP contribution < -0.4 is 20.5 Å². The van der Waals surface area contributed by atoms with Gasteiger partial charge in [-0.3, -0.25) is 9.59 Å². The first-order valence-electron chi connectivity index (χ1n) is 8.40. The Balaban J connectivity index is 1.72. The number of carbonyl (C=O) groups is 2. The Hall–Kier alpha value is -3.53. The fourth-order valence-electron chi connectivity index (χ4n) is 2.35. The topological polar surface area (TPSA) is 114 Å². The summed E-state index contributed by atoms with van der Waals surface area (Å²) in [6.07, 6.45) is 0.855. The average molecular weight is 367 g/mol. The molecule has 7 heteroatoms. The molecule has 2 rings (SSSR count). The molecule has 0 heterocycles. The summed E-state index contributed by atoms with van der Waals surface area (Å²) in [4.78, 5) is 22.9. The van der Waals surface area contributed by atoms with E-state index in [-0.39, 0.29) is 5.91 Å². The molecule has 3 N–H and O–H groups in total. The maximum absolute atomic E-state index is 11.9. The lowest BCUT2D eigenvalue weighted by Gasteiger charge is -2.11. The lowest BCUT2D eigenvalue weighted by Crippen LogP contribution is -2.23. The normalized spacial score (nSPS) is 9.93. The Morgan fingerprint density at radius 2 is 1.89 bits per heavy atom. The number of ether oxygens (including phenoxy) is 2. The van der Waals surface area contributed by atoms with E-state index in [2.05, 4.69) is 5.32 Å². The molecule has 0 radical (unpaired) electrons. The third-order valence-electron chi connectivity index (χ3n) is 3.83. The van der Waals surface area contributed by atoms with Crippen molar-refractivity contribution in [2.24, 2.45) is 5.73 Å². The van der Waals surface area contributed by atoms with E-state index in [9.17, 15) is 9.59 Å². The van der Waals surface area contributed by atoms with Crippen molar-refractivity contribution in [1.82, 2.24) is 5.32 Å². The number of rotatable bonds is 9. The summed E-state index contributed by atoms with van der Waals surface area (Å²) in [5.74, 6) is 0.443. The van der Waals surface area contributed by atoms with E-state index in [1.807, 2.05) is 6.07 Å². The van der Waals surface area contributed by atoms with Crippen molar-refractivity contribution >= 4 is 11.8 Å². The van der Waals surface area contributed by atoms with Crippen LogP contribution in [-0.2, 0) is 11.3 Å². The number of hydrogen-bond donors (Lipinski definition) is 2. The summed E-state index contributed by atoms with van der Waals surface area (Å²) in [6.45, 7) is 0.727. The van der Waals surface area contributed by atoms with E-state index in [1.165, 1.54) is 7.11 Å². The first-order valence-corrected chi connectivity index (χ1v) is 8.40. The van der Waals surface area contributed by atoms with Gasteiger partial charge in [-0.15, -0.1) is 0 Å². The molecule has 0 saturated heterocycles. The molecular formula is C20H21N3O4. The summed E-state index contributed by atoms with van der Waals surface area (Å²) < 4.78 is 10.8. The Morgan fingerprint density at radius 3 is 2.52 bits per heavy atom. The van der Waals surface area contributed by atoms with E-state index in [4.69, 9.17) is 20.5 Å². The monoisotopic (exact) mass is 367 g/mol.